The summed E-state index contributed by atoms with van der Waals surface area (Å²) in [6.07, 6.45) is 1.66. The minimum absolute atomic E-state index is 0.0348. The quantitative estimate of drug-likeness (QED) is 0.360. The zero-order chi connectivity index (χ0) is 20.1. The lowest BCUT2D eigenvalue weighted by atomic mass is 10.2. The fourth-order valence-electron chi connectivity index (χ4n) is 2.42. The molecule has 1 aromatic carbocycles. The standard InChI is InChI=1S/C18H20N4O5/c1-11-14(12(2)21(4)20-11)9-10-17(23)27-13(3)18(24)19-15-7-5-6-8-16(15)22(25)26/h5-10,13H,1-4H3,(H,19,24)/b10-9+/t13-/m1/s1. The summed E-state index contributed by atoms with van der Waals surface area (Å²) >= 11 is 0. The van der Waals surface area contributed by atoms with E-state index in [0.717, 1.165) is 17.0 Å². The van der Waals surface area contributed by atoms with Gasteiger partial charge in [-0.15, -0.1) is 0 Å². The Morgan fingerprint density at radius 3 is 2.59 bits per heavy atom. The monoisotopic (exact) mass is 372 g/mol. The molecule has 2 rings (SSSR count). The number of rotatable bonds is 6. The van der Waals surface area contributed by atoms with E-state index >= 15 is 0 Å². The van der Waals surface area contributed by atoms with Gasteiger partial charge >= 0.3 is 5.97 Å². The molecule has 9 nitrogen and oxygen atoms in total. The number of carbonyl (C=O) groups excluding carboxylic acids is 2. The van der Waals surface area contributed by atoms with Gasteiger partial charge in [0.05, 0.1) is 10.6 Å². The van der Waals surface area contributed by atoms with Crippen molar-refractivity contribution in [3.63, 3.8) is 0 Å². The number of hydrogen-bond acceptors (Lipinski definition) is 6. The highest BCUT2D eigenvalue weighted by Gasteiger charge is 2.21. The molecule has 27 heavy (non-hydrogen) atoms. The third kappa shape index (κ3) is 4.78. The fourth-order valence-corrected chi connectivity index (χ4v) is 2.42. The Labute approximate surface area is 155 Å². The minimum atomic E-state index is -1.13. The van der Waals surface area contributed by atoms with Gasteiger partial charge in [-0.3, -0.25) is 19.6 Å². The number of para-hydroxylation sites is 2. The van der Waals surface area contributed by atoms with Crippen LogP contribution >= 0.6 is 0 Å². The van der Waals surface area contributed by atoms with Gasteiger partial charge in [0.25, 0.3) is 11.6 Å². The average Bonchev–Trinajstić information content (AvgIpc) is 2.85. The number of ether oxygens (including phenoxy) is 1. The number of amides is 1. The number of anilines is 1. The highest BCUT2D eigenvalue weighted by Crippen LogP contribution is 2.23. The number of esters is 1. The second kappa shape index (κ2) is 8.26. The number of nitrogens with zero attached hydrogens (tertiary/aromatic N) is 3. The number of nitro benzene ring substituents is 1. The summed E-state index contributed by atoms with van der Waals surface area (Å²) in [6.45, 7) is 5.07. The Balaban J connectivity index is 2.01. The number of aromatic nitrogens is 2. The number of nitro groups is 1. The third-order valence-corrected chi connectivity index (χ3v) is 3.97. The SMILES string of the molecule is Cc1nn(C)c(C)c1/C=C/C(=O)O[C@H](C)C(=O)Nc1ccccc1[N+](=O)[O-]. The lowest BCUT2D eigenvalue weighted by Crippen LogP contribution is -2.29. The van der Waals surface area contributed by atoms with Gasteiger partial charge in [0.2, 0.25) is 0 Å². The first-order valence-corrected chi connectivity index (χ1v) is 8.14. The van der Waals surface area contributed by atoms with Crippen LogP contribution in [0.15, 0.2) is 30.3 Å². The average molecular weight is 372 g/mol. The molecule has 1 amide bonds. The first kappa shape index (κ1) is 19.8. The molecule has 1 heterocycles. The van der Waals surface area contributed by atoms with Crippen LogP contribution in [-0.2, 0) is 21.4 Å². The zero-order valence-electron chi connectivity index (χ0n) is 15.4. The Hall–Kier alpha value is -3.49. The number of nitrogens with one attached hydrogen (secondary N) is 1. The summed E-state index contributed by atoms with van der Waals surface area (Å²) in [7, 11) is 1.80. The molecule has 0 fully saturated rings. The van der Waals surface area contributed by atoms with Gasteiger partial charge in [-0.05, 0) is 32.9 Å². The topological polar surface area (TPSA) is 116 Å². The predicted octanol–water partition coefficient (Wildman–Crippen LogP) is 2.53. The number of carbonyl (C=O) groups is 2. The van der Waals surface area contributed by atoms with Gasteiger partial charge in [0, 0.05) is 30.4 Å². The number of hydrogen-bond donors (Lipinski definition) is 1. The van der Waals surface area contributed by atoms with Crippen molar-refractivity contribution in [2.45, 2.75) is 26.9 Å². The molecule has 0 unspecified atom stereocenters. The van der Waals surface area contributed by atoms with Crippen molar-refractivity contribution in [2.75, 3.05) is 5.32 Å². The summed E-state index contributed by atoms with van der Waals surface area (Å²) in [5.74, 6) is -1.37. The van der Waals surface area contributed by atoms with E-state index in [0.29, 0.717) is 0 Å². The van der Waals surface area contributed by atoms with Gasteiger partial charge in [-0.2, -0.15) is 5.10 Å². The van der Waals surface area contributed by atoms with Gasteiger partial charge in [-0.1, -0.05) is 12.1 Å². The lowest BCUT2D eigenvalue weighted by Gasteiger charge is -2.12. The Morgan fingerprint density at radius 1 is 1.33 bits per heavy atom. The molecule has 0 aliphatic heterocycles. The molecule has 9 heteroatoms. The minimum Gasteiger partial charge on any atom is -0.449 e. The predicted molar refractivity (Wildman–Crippen MR) is 99.0 cm³/mol. The maximum Gasteiger partial charge on any atom is 0.331 e. The first-order valence-electron chi connectivity index (χ1n) is 8.14. The van der Waals surface area contributed by atoms with E-state index in [1.54, 1.807) is 23.9 Å². The van der Waals surface area contributed by atoms with Crippen LogP contribution in [0, 0.1) is 24.0 Å². The molecule has 0 saturated heterocycles. The van der Waals surface area contributed by atoms with Crippen molar-refractivity contribution in [3.8, 4) is 0 Å². The van der Waals surface area contributed by atoms with Gasteiger partial charge in [0.15, 0.2) is 6.10 Å². The molecule has 1 aromatic heterocycles. The van der Waals surface area contributed by atoms with Gasteiger partial charge in [-0.25, -0.2) is 4.79 Å². The van der Waals surface area contributed by atoms with E-state index in [2.05, 4.69) is 10.4 Å². The van der Waals surface area contributed by atoms with Crippen molar-refractivity contribution in [1.29, 1.82) is 0 Å². The maximum atomic E-state index is 12.2. The van der Waals surface area contributed by atoms with E-state index in [1.165, 1.54) is 31.2 Å². The van der Waals surface area contributed by atoms with Crippen molar-refractivity contribution in [2.24, 2.45) is 7.05 Å². The van der Waals surface area contributed by atoms with Crippen molar-refractivity contribution in [1.82, 2.24) is 9.78 Å². The highest BCUT2D eigenvalue weighted by molar-refractivity contribution is 5.98. The van der Waals surface area contributed by atoms with Crippen LogP contribution in [0.2, 0.25) is 0 Å². The number of benzene rings is 1. The van der Waals surface area contributed by atoms with Crippen LogP contribution < -0.4 is 5.32 Å². The molecule has 0 aliphatic carbocycles. The Kier molecular flexibility index (Phi) is 6.07. The molecule has 1 atom stereocenters. The largest absolute Gasteiger partial charge is 0.449 e. The van der Waals surface area contributed by atoms with E-state index in [-0.39, 0.29) is 11.4 Å². The van der Waals surface area contributed by atoms with Crippen LogP contribution in [0.5, 0.6) is 0 Å². The number of aryl methyl sites for hydroxylation is 2. The molecule has 1 N–H and O–H groups in total. The molecule has 0 spiro atoms. The lowest BCUT2D eigenvalue weighted by molar-refractivity contribution is -0.383. The van der Waals surface area contributed by atoms with Crippen molar-refractivity contribution >= 4 is 29.3 Å². The van der Waals surface area contributed by atoms with Crippen molar-refractivity contribution in [3.05, 3.63) is 57.4 Å². The summed E-state index contributed by atoms with van der Waals surface area (Å²) in [5, 5.41) is 17.6. The molecule has 0 radical (unpaired) electrons. The molecule has 142 valence electrons. The molecule has 0 bridgehead atoms. The molecular formula is C18H20N4O5. The molecule has 0 aliphatic rings. The van der Waals surface area contributed by atoms with E-state index < -0.39 is 22.9 Å². The van der Waals surface area contributed by atoms with Crippen LogP contribution in [0.4, 0.5) is 11.4 Å². The maximum absolute atomic E-state index is 12.2. The molecule has 2 aromatic rings. The summed E-state index contributed by atoms with van der Waals surface area (Å²) in [6, 6.07) is 5.72. The highest BCUT2D eigenvalue weighted by atomic mass is 16.6. The zero-order valence-corrected chi connectivity index (χ0v) is 15.4. The van der Waals surface area contributed by atoms with Crippen LogP contribution in [0.1, 0.15) is 23.9 Å². The third-order valence-electron chi connectivity index (χ3n) is 3.97. The normalized spacial score (nSPS) is 12.0. The fraction of sp³-hybridized carbons (Fsp3) is 0.278. The molecular weight excluding hydrogens is 352 g/mol. The molecule has 0 saturated carbocycles. The second-order valence-electron chi connectivity index (χ2n) is 5.88. The van der Waals surface area contributed by atoms with E-state index in [4.69, 9.17) is 4.74 Å². The summed E-state index contributed by atoms with van der Waals surface area (Å²) < 4.78 is 6.76. The summed E-state index contributed by atoms with van der Waals surface area (Å²) in [4.78, 5) is 34.5. The Bertz CT molecular complexity index is 916. The van der Waals surface area contributed by atoms with Crippen LogP contribution in [0.25, 0.3) is 6.08 Å². The van der Waals surface area contributed by atoms with Crippen molar-refractivity contribution < 1.29 is 19.2 Å². The van der Waals surface area contributed by atoms with Gasteiger partial charge in [0.1, 0.15) is 5.69 Å². The van der Waals surface area contributed by atoms with Gasteiger partial charge < -0.3 is 10.1 Å². The van der Waals surface area contributed by atoms with Crippen LogP contribution in [-0.4, -0.2) is 32.7 Å². The Morgan fingerprint density at radius 2 is 2.00 bits per heavy atom. The van der Waals surface area contributed by atoms with E-state index in [1.807, 2.05) is 13.8 Å². The van der Waals surface area contributed by atoms with Crippen LogP contribution in [0.3, 0.4) is 0 Å². The second-order valence-corrected chi connectivity index (χ2v) is 5.88. The van der Waals surface area contributed by atoms with E-state index in [9.17, 15) is 19.7 Å². The summed E-state index contributed by atoms with van der Waals surface area (Å²) in [5.41, 5.74) is 2.24. The first-order chi connectivity index (χ1) is 12.7. The smallest absolute Gasteiger partial charge is 0.331 e.